The largest absolute Gasteiger partial charge is 0.465 e. The Kier molecular flexibility index (Phi) is 4.93. The normalized spacial score (nSPS) is 18.6. The zero-order chi connectivity index (χ0) is 19.9. The average molecular weight is 392 g/mol. The number of aromatic nitrogens is 2. The molecule has 0 spiro atoms. The second kappa shape index (κ2) is 7.03. The number of hydrogen-bond acceptors (Lipinski definition) is 5. The number of carbonyl (C=O) groups is 2. The van der Waals surface area contributed by atoms with Gasteiger partial charge in [0.15, 0.2) is 0 Å². The molecule has 1 aliphatic heterocycles. The molecule has 27 heavy (non-hydrogen) atoms. The number of ether oxygens (including phenoxy) is 1. The number of carbonyl (C=O) groups excluding carboxylic acids is 2. The van der Waals surface area contributed by atoms with E-state index in [1.165, 1.54) is 18.7 Å². The monoisotopic (exact) mass is 391 g/mol. The van der Waals surface area contributed by atoms with E-state index in [2.05, 4.69) is 5.32 Å². The standard InChI is InChI=1S/C18H18ClN3O5/c1-4-27-17(25)13-11(9-5-7-10(19)8-6-9)12-14(20-15(13)23)21(2)18(26)22(3)16(12)24/h5-8,11,13H,4H2,1-3H3,(H,20,23)/t11-,13-/m0/s1. The van der Waals surface area contributed by atoms with E-state index in [9.17, 15) is 19.2 Å². The molecule has 2 atom stereocenters. The quantitative estimate of drug-likeness (QED) is 0.621. The van der Waals surface area contributed by atoms with Crippen molar-refractivity contribution in [2.75, 3.05) is 11.9 Å². The van der Waals surface area contributed by atoms with Crippen LogP contribution in [0.1, 0.15) is 24.0 Å². The minimum Gasteiger partial charge on any atom is -0.465 e. The third kappa shape index (κ3) is 3.06. The lowest BCUT2D eigenvalue weighted by Gasteiger charge is -2.32. The van der Waals surface area contributed by atoms with Gasteiger partial charge in [0.2, 0.25) is 5.91 Å². The van der Waals surface area contributed by atoms with Crippen molar-refractivity contribution in [2.45, 2.75) is 12.8 Å². The van der Waals surface area contributed by atoms with Gasteiger partial charge in [-0.15, -0.1) is 0 Å². The lowest BCUT2D eigenvalue weighted by Crippen LogP contribution is -2.49. The van der Waals surface area contributed by atoms with Gasteiger partial charge in [0.05, 0.1) is 12.2 Å². The van der Waals surface area contributed by atoms with Crippen molar-refractivity contribution in [3.63, 3.8) is 0 Å². The van der Waals surface area contributed by atoms with Gasteiger partial charge in [-0.25, -0.2) is 4.79 Å². The van der Waals surface area contributed by atoms with Gasteiger partial charge in [-0.05, 0) is 24.6 Å². The number of benzene rings is 1. The first-order chi connectivity index (χ1) is 12.8. The summed E-state index contributed by atoms with van der Waals surface area (Å²) in [5, 5.41) is 2.99. The Morgan fingerprint density at radius 3 is 2.37 bits per heavy atom. The van der Waals surface area contributed by atoms with E-state index in [0.29, 0.717) is 10.6 Å². The van der Waals surface area contributed by atoms with Crippen molar-refractivity contribution in [3.05, 3.63) is 61.3 Å². The zero-order valence-corrected chi connectivity index (χ0v) is 15.7. The van der Waals surface area contributed by atoms with E-state index in [1.807, 2.05) is 0 Å². The summed E-state index contributed by atoms with van der Waals surface area (Å²) in [7, 11) is 2.80. The molecule has 1 amide bonds. The molecular weight excluding hydrogens is 374 g/mol. The van der Waals surface area contributed by atoms with Crippen LogP contribution >= 0.6 is 11.6 Å². The van der Waals surface area contributed by atoms with Crippen LogP contribution in [0.2, 0.25) is 5.02 Å². The van der Waals surface area contributed by atoms with Crippen LogP contribution in [0, 0.1) is 5.92 Å². The number of halogens is 1. The van der Waals surface area contributed by atoms with Gasteiger partial charge < -0.3 is 10.1 Å². The molecule has 0 saturated carbocycles. The Morgan fingerprint density at radius 1 is 1.15 bits per heavy atom. The molecule has 9 heteroatoms. The topological polar surface area (TPSA) is 99.4 Å². The van der Waals surface area contributed by atoms with Gasteiger partial charge >= 0.3 is 11.7 Å². The van der Waals surface area contributed by atoms with Crippen LogP contribution in [0.25, 0.3) is 0 Å². The molecule has 8 nitrogen and oxygen atoms in total. The van der Waals surface area contributed by atoms with Crippen molar-refractivity contribution in [1.29, 1.82) is 0 Å². The summed E-state index contributed by atoms with van der Waals surface area (Å²) in [5.41, 5.74) is -0.463. The highest BCUT2D eigenvalue weighted by Crippen LogP contribution is 2.39. The summed E-state index contributed by atoms with van der Waals surface area (Å²) < 4.78 is 7.19. The Hall–Kier alpha value is -2.87. The molecule has 0 fully saturated rings. The van der Waals surface area contributed by atoms with Crippen molar-refractivity contribution in [2.24, 2.45) is 20.0 Å². The van der Waals surface area contributed by atoms with Gasteiger partial charge in [0, 0.05) is 25.0 Å². The molecule has 0 saturated heterocycles. The first kappa shape index (κ1) is 18.9. The minimum atomic E-state index is -1.26. The predicted molar refractivity (Wildman–Crippen MR) is 99.0 cm³/mol. The van der Waals surface area contributed by atoms with E-state index in [0.717, 1.165) is 4.57 Å². The Balaban J connectivity index is 2.34. The Labute approximate surface area is 159 Å². The molecule has 2 heterocycles. The van der Waals surface area contributed by atoms with E-state index < -0.39 is 35.0 Å². The number of esters is 1. The number of rotatable bonds is 3. The molecule has 0 aliphatic carbocycles. The number of hydrogen-bond donors (Lipinski definition) is 1. The van der Waals surface area contributed by atoms with Crippen LogP contribution < -0.4 is 16.6 Å². The number of fused-ring (bicyclic) bond motifs is 1. The fraction of sp³-hybridized carbons (Fsp3) is 0.333. The third-order valence-electron chi connectivity index (χ3n) is 4.64. The van der Waals surface area contributed by atoms with Crippen LogP contribution in [-0.4, -0.2) is 27.6 Å². The molecular formula is C18H18ClN3O5. The number of nitrogens with zero attached hydrogens (tertiary/aromatic N) is 2. The predicted octanol–water partition coefficient (Wildman–Crippen LogP) is 1.00. The highest BCUT2D eigenvalue weighted by atomic mass is 35.5. The molecule has 1 aromatic heterocycles. The van der Waals surface area contributed by atoms with Gasteiger partial charge in [-0.2, -0.15) is 0 Å². The van der Waals surface area contributed by atoms with Gasteiger partial charge in [-0.1, -0.05) is 23.7 Å². The van der Waals surface area contributed by atoms with Gasteiger partial charge in [0.25, 0.3) is 5.56 Å². The maximum Gasteiger partial charge on any atom is 0.332 e. The smallest absolute Gasteiger partial charge is 0.332 e. The van der Waals surface area contributed by atoms with Crippen LogP contribution in [0.3, 0.4) is 0 Å². The van der Waals surface area contributed by atoms with Crippen molar-refractivity contribution in [3.8, 4) is 0 Å². The van der Waals surface area contributed by atoms with Crippen LogP contribution in [-0.2, 0) is 28.4 Å². The van der Waals surface area contributed by atoms with Crippen LogP contribution in [0.15, 0.2) is 33.9 Å². The molecule has 0 unspecified atom stereocenters. The maximum absolute atomic E-state index is 12.9. The van der Waals surface area contributed by atoms with Crippen LogP contribution in [0.4, 0.5) is 5.82 Å². The molecule has 2 aromatic rings. The molecule has 1 aliphatic rings. The first-order valence-corrected chi connectivity index (χ1v) is 8.68. The third-order valence-corrected chi connectivity index (χ3v) is 4.89. The summed E-state index contributed by atoms with van der Waals surface area (Å²) in [5.74, 6) is -3.46. The molecule has 0 radical (unpaired) electrons. The lowest BCUT2D eigenvalue weighted by atomic mass is 9.78. The molecule has 142 valence electrons. The molecule has 0 bridgehead atoms. The average Bonchev–Trinajstić information content (AvgIpc) is 2.64. The maximum atomic E-state index is 12.9. The van der Waals surface area contributed by atoms with E-state index in [4.69, 9.17) is 16.3 Å². The summed E-state index contributed by atoms with van der Waals surface area (Å²) in [6, 6.07) is 6.51. The number of nitrogens with one attached hydrogen (secondary N) is 1. The van der Waals surface area contributed by atoms with Crippen molar-refractivity contribution in [1.82, 2.24) is 9.13 Å². The Morgan fingerprint density at radius 2 is 1.78 bits per heavy atom. The minimum absolute atomic E-state index is 0.0774. The summed E-state index contributed by atoms with van der Waals surface area (Å²) in [6.45, 7) is 1.72. The zero-order valence-electron chi connectivity index (χ0n) is 15.0. The summed E-state index contributed by atoms with van der Waals surface area (Å²) in [6.07, 6.45) is 0. The number of anilines is 1. The van der Waals surface area contributed by atoms with E-state index in [1.54, 1.807) is 31.2 Å². The summed E-state index contributed by atoms with van der Waals surface area (Å²) in [4.78, 5) is 50.4. The van der Waals surface area contributed by atoms with Gasteiger partial charge in [-0.3, -0.25) is 23.5 Å². The first-order valence-electron chi connectivity index (χ1n) is 8.30. The van der Waals surface area contributed by atoms with E-state index >= 15 is 0 Å². The second-order valence-electron chi connectivity index (χ2n) is 6.22. The highest BCUT2D eigenvalue weighted by Gasteiger charge is 2.45. The van der Waals surface area contributed by atoms with Crippen molar-refractivity contribution < 1.29 is 14.3 Å². The Bertz CT molecular complexity index is 1040. The molecule has 1 N–H and O–H groups in total. The van der Waals surface area contributed by atoms with E-state index in [-0.39, 0.29) is 18.0 Å². The molecule has 3 rings (SSSR count). The highest BCUT2D eigenvalue weighted by molar-refractivity contribution is 6.30. The van der Waals surface area contributed by atoms with Gasteiger partial charge in [0.1, 0.15) is 11.7 Å². The number of amides is 1. The molecule has 1 aromatic carbocycles. The fourth-order valence-electron chi connectivity index (χ4n) is 3.32. The summed E-state index contributed by atoms with van der Waals surface area (Å²) >= 11 is 5.95. The van der Waals surface area contributed by atoms with Crippen LogP contribution in [0.5, 0.6) is 0 Å². The lowest BCUT2D eigenvalue weighted by molar-refractivity contribution is -0.151. The SMILES string of the molecule is CCOC(=O)[C@@H]1C(=O)Nc2c(c(=O)n(C)c(=O)n2C)[C@@H]1c1ccc(Cl)cc1. The van der Waals surface area contributed by atoms with Crippen molar-refractivity contribution >= 4 is 29.3 Å². The second-order valence-corrected chi connectivity index (χ2v) is 6.65. The fourth-order valence-corrected chi connectivity index (χ4v) is 3.44.